The van der Waals surface area contributed by atoms with E-state index in [4.69, 9.17) is 4.74 Å². The second kappa shape index (κ2) is 8.27. The number of rotatable bonds is 4. The zero-order valence-electron chi connectivity index (χ0n) is 18.3. The minimum absolute atomic E-state index is 0.0536. The monoisotopic (exact) mass is 448 g/mol. The predicted octanol–water partition coefficient (Wildman–Crippen LogP) is 5.44. The highest BCUT2D eigenvalue weighted by atomic mass is 19.3. The largest absolute Gasteiger partial charge is 0.464 e. The number of anilines is 2. The molecule has 0 bridgehead atoms. The highest BCUT2D eigenvalue weighted by Gasteiger charge is 2.27. The van der Waals surface area contributed by atoms with Crippen LogP contribution in [0.3, 0.4) is 0 Å². The number of carbonyl (C=O) groups excluding carboxylic acids is 1. The van der Waals surface area contributed by atoms with Crippen LogP contribution in [-0.4, -0.2) is 34.4 Å². The Labute approximate surface area is 189 Å². The zero-order chi connectivity index (χ0) is 23.1. The molecule has 2 aromatic heterocycles. The second-order valence-corrected chi connectivity index (χ2v) is 8.07. The van der Waals surface area contributed by atoms with Crippen LogP contribution in [0, 0.1) is 0 Å². The van der Waals surface area contributed by atoms with Crippen molar-refractivity contribution in [3.63, 3.8) is 0 Å². The third-order valence-corrected chi connectivity index (χ3v) is 5.99. The first-order chi connectivity index (χ1) is 16.0. The van der Waals surface area contributed by atoms with Crippen molar-refractivity contribution < 1.29 is 18.3 Å². The molecule has 33 heavy (non-hydrogen) atoms. The average molecular weight is 448 g/mol. The summed E-state index contributed by atoms with van der Waals surface area (Å²) in [5, 5.41) is 5.81. The summed E-state index contributed by atoms with van der Waals surface area (Å²) in [6.45, 7) is 0.601. The number of hydrogen-bond donors (Lipinski definition) is 0. The number of ether oxygens (including phenoxy) is 1. The molecule has 0 spiro atoms. The number of hydrogen-bond acceptors (Lipinski definition) is 5. The summed E-state index contributed by atoms with van der Waals surface area (Å²) in [6, 6.07) is 12.7. The lowest BCUT2D eigenvalue weighted by atomic mass is 9.93. The van der Waals surface area contributed by atoms with Gasteiger partial charge in [0.15, 0.2) is 5.69 Å². The first-order valence-electron chi connectivity index (χ1n) is 10.7. The summed E-state index contributed by atoms with van der Waals surface area (Å²) in [6.07, 6.45) is 2.27. The Balaban J connectivity index is 1.71. The van der Waals surface area contributed by atoms with Crippen molar-refractivity contribution >= 4 is 28.2 Å². The summed E-state index contributed by atoms with van der Waals surface area (Å²) < 4.78 is 34.8. The van der Waals surface area contributed by atoms with E-state index in [1.54, 1.807) is 36.3 Å². The number of halogens is 2. The van der Waals surface area contributed by atoms with E-state index in [2.05, 4.69) is 10.1 Å². The Morgan fingerprint density at radius 3 is 2.73 bits per heavy atom. The third kappa shape index (κ3) is 3.71. The van der Waals surface area contributed by atoms with Gasteiger partial charge in [0, 0.05) is 42.0 Å². The lowest BCUT2D eigenvalue weighted by Crippen LogP contribution is -2.26. The molecule has 0 N–H and O–H groups in total. The zero-order valence-corrected chi connectivity index (χ0v) is 18.3. The van der Waals surface area contributed by atoms with Gasteiger partial charge in [-0.25, -0.2) is 18.6 Å². The van der Waals surface area contributed by atoms with Crippen LogP contribution >= 0.6 is 0 Å². The number of benzene rings is 2. The Morgan fingerprint density at radius 1 is 1.18 bits per heavy atom. The molecular weight excluding hydrogens is 426 g/mol. The molecule has 0 saturated carbocycles. The highest BCUT2D eigenvalue weighted by Crippen LogP contribution is 2.42. The molecule has 2 aromatic carbocycles. The molecule has 3 heterocycles. The van der Waals surface area contributed by atoms with Crippen molar-refractivity contribution in [3.8, 4) is 11.1 Å². The Bertz CT molecular complexity index is 1370. The number of pyridine rings is 1. The van der Waals surface area contributed by atoms with Crippen molar-refractivity contribution in [2.45, 2.75) is 19.3 Å². The Hall–Kier alpha value is -3.81. The van der Waals surface area contributed by atoms with Crippen LogP contribution in [-0.2, 0) is 18.2 Å². The minimum Gasteiger partial charge on any atom is -0.464 e. The van der Waals surface area contributed by atoms with E-state index in [-0.39, 0.29) is 11.3 Å². The molecule has 0 radical (unpaired) electrons. The maximum atomic E-state index is 14.2. The molecule has 0 aliphatic carbocycles. The van der Waals surface area contributed by atoms with E-state index >= 15 is 0 Å². The van der Waals surface area contributed by atoms with Crippen LogP contribution in [0.2, 0.25) is 0 Å². The van der Waals surface area contributed by atoms with Crippen LogP contribution in [0.5, 0.6) is 0 Å². The summed E-state index contributed by atoms with van der Waals surface area (Å²) in [7, 11) is 3.07. The Kier molecular flexibility index (Phi) is 5.28. The van der Waals surface area contributed by atoms with Gasteiger partial charge >= 0.3 is 5.97 Å². The van der Waals surface area contributed by atoms with E-state index < -0.39 is 12.4 Å². The number of nitrogens with zero attached hydrogens (tertiary/aromatic N) is 4. The fourth-order valence-electron chi connectivity index (χ4n) is 4.45. The smallest absolute Gasteiger partial charge is 0.356 e. The average Bonchev–Trinajstić information content (AvgIpc) is 3.27. The number of aryl methyl sites for hydroxylation is 2. The van der Waals surface area contributed by atoms with Crippen LogP contribution in [0.25, 0.3) is 21.9 Å². The van der Waals surface area contributed by atoms with Gasteiger partial charge in [-0.1, -0.05) is 24.3 Å². The Morgan fingerprint density at radius 2 is 2.00 bits per heavy atom. The number of methoxy groups -OCH3 is 1. The normalized spacial score (nSPS) is 13.4. The number of carbonyl (C=O) groups is 1. The molecular formula is C25H22F2N4O2. The standard InChI is InChI=1S/C25H22F2N4O2/c1-30-14-17(13-28-30)19-10-16-7-5-9-31(22(16)12-20(19)23(26)27)24-18-8-4-3-6-15(18)11-21(29-24)25(32)33-2/h3-4,6,8,10-14,23H,5,7,9H2,1-2H3. The van der Waals surface area contributed by atoms with Crippen molar-refractivity contribution in [1.29, 1.82) is 0 Å². The second-order valence-electron chi connectivity index (χ2n) is 8.07. The molecule has 1 aliphatic rings. The van der Waals surface area contributed by atoms with E-state index in [1.165, 1.54) is 7.11 Å². The van der Waals surface area contributed by atoms with Gasteiger partial charge in [0.25, 0.3) is 6.43 Å². The van der Waals surface area contributed by atoms with Gasteiger partial charge < -0.3 is 9.64 Å². The third-order valence-electron chi connectivity index (χ3n) is 5.99. The number of alkyl halides is 2. The van der Waals surface area contributed by atoms with E-state index in [0.29, 0.717) is 29.2 Å². The lowest BCUT2D eigenvalue weighted by Gasteiger charge is -2.32. The van der Waals surface area contributed by atoms with Gasteiger partial charge in [-0.05, 0) is 47.6 Å². The molecule has 4 aromatic rings. The van der Waals surface area contributed by atoms with Gasteiger partial charge in [-0.3, -0.25) is 4.68 Å². The molecule has 1 aliphatic heterocycles. The van der Waals surface area contributed by atoms with Gasteiger partial charge in [-0.2, -0.15) is 5.10 Å². The van der Waals surface area contributed by atoms with Crippen molar-refractivity contribution in [2.75, 3.05) is 18.6 Å². The molecule has 8 heteroatoms. The SMILES string of the molecule is COC(=O)c1cc2ccccc2c(N2CCCc3cc(-c4cnn(C)c4)c(C(F)F)cc32)n1. The minimum atomic E-state index is -2.65. The van der Waals surface area contributed by atoms with Gasteiger partial charge in [-0.15, -0.1) is 0 Å². The first-order valence-corrected chi connectivity index (χ1v) is 10.7. The van der Waals surface area contributed by atoms with Crippen LogP contribution < -0.4 is 4.90 Å². The molecule has 5 rings (SSSR count). The molecule has 0 fully saturated rings. The summed E-state index contributed by atoms with van der Waals surface area (Å²) in [5.41, 5.74) is 2.91. The number of aromatic nitrogens is 3. The summed E-state index contributed by atoms with van der Waals surface area (Å²) in [4.78, 5) is 18.8. The molecule has 6 nitrogen and oxygen atoms in total. The van der Waals surface area contributed by atoms with Crippen molar-refractivity contribution in [3.05, 3.63) is 71.7 Å². The van der Waals surface area contributed by atoms with Gasteiger partial charge in [0.2, 0.25) is 0 Å². The summed E-state index contributed by atoms with van der Waals surface area (Å²) in [5.74, 6) is 0.0169. The number of esters is 1. The van der Waals surface area contributed by atoms with Crippen LogP contribution in [0.1, 0.15) is 34.5 Å². The molecule has 0 saturated heterocycles. The van der Waals surface area contributed by atoms with Crippen LogP contribution in [0.4, 0.5) is 20.3 Å². The quantitative estimate of drug-likeness (QED) is 0.389. The molecule has 0 amide bonds. The van der Waals surface area contributed by atoms with E-state index in [9.17, 15) is 13.6 Å². The van der Waals surface area contributed by atoms with Gasteiger partial charge in [0.1, 0.15) is 5.82 Å². The van der Waals surface area contributed by atoms with Crippen LogP contribution in [0.15, 0.2) is 54.9 Å². The van der Waals surface area contributed by atoms with Gasteiger partial charge in [0.05, 0.1) is 13.3 Å². The topological polar surface area (TPSA) is 60.2 Å². The maximum absolute atomic E-state index is 14.2. The predicted molar refractivity (Wildman–Crippen MR) is 122 cm³/mol. The molecule has 0 atom stereocenters. The van der Waals surface area contributed by atoms with E-state index in [1.807, 2.05) is 35.2 Å². The maximum Gasteiger partial charge on any atom is 0.356 e. The first kappa shape index (κ1) is 21.1. The van der Waals surface area contributed by atoms with Crippen molar-refractivity contribution in [2.24, 2.45) is 7.05 Å². The highest BCUT2D eigenvalue weighted by molar-refractivity contribution is 6.00. The number of fused-ring (bicyclic) bond motifs is 2. The van der Waals surface area contributed by atoms with E-state index in [0.717, 1.165) is 29.2 Å². The fraction of sp³-hybridized carbons (Fsp3) is 0.240. The lowest BCUT2D eigenvalue weighted by molar-refractivity contribution is 0.0594. The molecule has 0 unspecified atom stereocenters. The fourth-order valence-corrected chi connectivity index (χ4v) is 4.45. The molecule has 168 valence electrons. The van der Waals surface area contributed by atoms with Crippen molar-refractivity contribution in [1.82, 2.24) is 14.8 Å². The summed E-state index contributed by atoms with van der Waals surface area (Å²) >= 11 is 0.